The summed E-state index contributed by atoms with van der Waals surface area (Å²) in [7, 11) is 0. The molecule has 0 radical (unpaired) electrons. The molecule has 4 aliphatic carbocycles. The highest BCUT2D eigenvalue weighted by molar-refractivity contribution is 5.50. The maximum atomic E-state index is 10.3. The van der Waals surface area contributed by atoms with Crippen molar-refractivity contribution in [3.05, 3.63) is 59.7 Å². The fraction of sp³-hybridized carbons (Fsp3) is 0.571. The van der Waals surface area contributed by atoms with E-state index in [9.17, 15) is 5.11 Å². The van der Waals surface area contributed by atoms with Gasteiger partial charge in [0.1, 0.15) is 18.5 Å². The van der Waals surface area contributed by atoms with E-state index in [0.717, 1.165) is 17.4 Å². The molecule has 3 nitrogen and oxygen atoms in total. The predicted octanol–water partition coefficient (Wildman–Crippen LogP) is 6.09. The Bertz CT molecular complexity index is 918. The lowest BCUT2D eigenvalue weighted by atomic mass is 9.39. The molecule has 0 aromatic heterocycles. The van der Waals surface area contributed by atoms with E-state index in [1.54, 1.807) is 0 Å². The summed E-state index contributed by atoms with van der Waals surface area (Å²) in [5.74, 6) is 1.75. The van der Waals surface area contributed by atoms with Gasteiger partial charge in [-0.25, -0.2) is 0 Å². The van der Waals surface area contributed by atoms with E-state index in [-0.39, 0.29) is 0 Å². The van der Waals surface area contributed by atoms with Gasteiger partial charge in [-0.15, -0.1) is 0 Å². The van der Waals surface area contributed by atoms with E-state index in [1.165, 1.54) is 49.7 Å². The van der Waals surface area contributed by atoms with Gasteiger partial charge in [0, 0.05) is 12.2 Å². The Morgan fingerprint density at radius 2 is 1.65 bits per heavy atom. The molecule has 2 N–H and O–H groups in total. The van der Waals surface area contributed by atoms with Gasteiger partial charge in [-0.3, -0.25) is 0 Å². The quantitative estimate of drug-likeness (QED) is 0.570. The first kappa shape index (κ1) is 20.9. The van der Waals surface area contributed by atoms with Gasteiger partial charge in [0.2, 0.25) is 0 Å². The van der Waals surface area contributed by atoms with Gasteiger partial charge < -0.3 is 15.2 Å². The Morgan fingerprint density at radius 3 is 2.29 bits per heavy atom. The van der Waals surface area contributed by atoms with Crippen LogP contribution in [-0.2, 0) is 5.41 Å². The Hall–Kier alpha value is -2.00. The minimum atomic E-state index is -0.553. The highest BCUT2D eigenvalue weighted by Gasteiger charge is 2.60. The van der Waals surface area contributed by atoms with Crippen LogP contribution in [0.2, 0.25) is 0 Å². The van der Waals surface area contributed by atoms with Crippen LogP contribution in [0.5, 0.6) is 5.75 Å². The molecule has 2 aromatic rings. The first-order valence-corrected chi connectivity index (χ1v) is 12.0. The molecule has 0 aliphatic heterocycles. The number of aryl methyl sites for hydroxylation is 1. The van der Waals surface area contributed by atoms with Gasteiger partial charge in [0.25, 0.3) is 0 Å². The number of hydrogen-bond acceptors (Lipinski definition) is 3. The van der Waals surface area contributed by atoms with Crippen LogP contribution in [0.25, 0.3) is 0 Å². The van der Waals surface area contributed by atoms with Crippen LogP contribution in [0.3, 0.4) is 0 Å². The van der Waals surface area contributed by atoms with Gasteiger partial charge in [0.15, 0.2) is 0 Å². The minimum absolute atomic E-state index is 0.293. The zero-order valence-electron chi connectivity index (χ0n) is 19.3. The third-order valence-electron chi connectivity index (χ3n) is 8.21. The van der Waals surface area contributed by atoms with E-state index in [1.807, 2.05) is 18.2 Å². The van der Waals surface area contributed by atoms with Gasteiger partial charge in [0.05, 0.1) is 0 Å². The molecule has 4 fully saturated rings. The fourth-order valence-corrected chi connectivity index (χ4v) is 7.92. The smallest absolute Gasteiger partial charge is 0.119 e. The number of benzene rings is 2. The van der Waals surface area contributed by atoms with Crippen LogP contribution in [0.4, 0.5) is 5.69 Å². The van der Waals surface area contributed by atoms with Crippen molar-refractivity contribution in [2.75, 3.05) is 18.5 Å². The van der Waals surface area contributed by atoms with Crippen molar-refractivity contribution in [3.8, 4) is 5.75 Å². The summed E-state index contributed by atoms with van der Waals surface area (Å²) in [6.45, 7) is 7.91. The van der Waals surface area contributed by atoms with Crippen molar-refractivity contribution in [3.63, 3.8) is 0 Å². The van der Waals surface area contributed by atoms with Crippen LogP contribution >= 0.6 is 0 Å². The monoisotopic (exact) mass is 419 g/mol. The Balaban J connectivity index is 1.20. The summed E-state index contributed by atoms with van der Waals surface area (Å²) in [6, 6.07) is 16.9. The predicted molar refractivity (Wildman–Crippen MR) is 127 cm³/mol. The maximum absolute atomic E-state index is 10.3. The SMILES string of the molecule is Cc1ccccc1NCC(O)COc1ccc(C23CC4C[C@@](C)(C2)C[C@](C)(C4)C3)cc1. The van der Waals surface area contributed by atoms with Gasteiger partial charge >= 0.3 is 0 Å². The topological polar surface area (TPSA) is 41.5 Å². The van der Waals surface area contributed by atoms with E-state index in [2.05, 4.69) is 56.4 Å². The van der Waals surface area contributed by atoms with Crippen molar-refractivity contribution in [2.24, 2.45) is 16.7 Å². The second-order valence-electron chi connectivity index (χ2n) is 11.6. The molecule has 3 heteroatoms. The molecular formula is C28H37NO2. The molecule has 4 aliphatic rings. The van der Waals surface area contributed by atoms with Crippen molar-refractivity contribution in [1.29, 1.82) is 0 Å². The Kier molecular flexibility index (Phi) is 5.08. The number of rotatable bonds is 7. The number of aliphatic hydroxyl groups excluding tert-OH is 1. The molecule has 166 valence electrons. The summed E-state index contributed by atoms with van der Waals surface area (Å²) in [4.78, 5) is 0. The van der Waals surface area contributed by atoms with Gasteiger partial charge in [-0.05, 0) is 96.9 Å². The molecule has 0 spiro atoms. The molecule has 4 saturated carbocycles. The standard InChI is InChI=1S/C28H37NO2/c1-20-6-4-5-7-25(20)29-15-23(30)16-31-24-10-8-22(9-11-24)28-14-21-12-26(2,18-28)17-27(3,13-21)19-28/h4-11,21,23,29-30H,12-19H2,1-3H3/t21?,23?,26-,27+,28?. The van der Waals surface area contributed by atoms with Crippen molar-refractivity contribution in [2.45, 2.75) is 70.8 Å². The van der Waals surface area contributed by atoms with Crippen LogP contribution in [0.15, 0.2) is 48.5 Å². The molecular weight excluding hydrogens is 382 g/mol. The molecule has 0 heterocycles. The minimum Gasteiger partial charge on any atom is -0.491 e. The van der Waals surface area contributed by atoms with Crippen LogP contribution < -0.4 is 10.1 Å². The lowest BCUT2D eigenvalue weighted by molar-refractivity contribution is -0.110. The van der Waals surface area contributed by atoms with E-state index >= 15 is 0 Å². The zero-order chi connectivity index (χ0) is 21.7. The van der Waals surface area contributed by atoms with Crippen LogP contribution in [0.1, 0.15) is 63.5 Å². The van der Waals surface area contributed by atoms with Crippen LogP contribution in [-0.4, -0.2) is 24.4 Å². The van der Waals surface area contributed by atoms with Crippen molar-refractivity contribution >= 4 is 5.69 Å². The summed E-state index contributed by atoms with van der Waals surface area (Å²) < 4.78 is 5.91. The summed E-state index contributed by atoms with van der Waals surface area (Å²) in [5.41, 5.74) is 5.15. The number of para-hydroxylation sites is 1. The van der Waals surface area contributed by atoms with E-state index < -0.39 is 6.10 Å². The number of anilines is 1. The first-order chi connectivity index (χ1) is 14.8. The largest absolute Gasteiger partial charge is 0.491 e. The lowest BCUT2D eigenvalue weighted by Gasteiger charge is -2.65. The number of hydrogen-bond donors (Lipinski definition) is 2. The maximum Gasteiger partial charge on any atom is 0.119 e. The van der Waals surface area contributed by atoms with Crippen LogP contribution in [0, 0.1) is 23.7 Å². The number of nitrogens with one attached hydrogen (secondary N) is 1. The molecule has 2 aromatic carbocycles. The lowest BCUT2D eigenvalue weighted by Crippen LogP contribution is -2.56. The average Bonchev–Trinajstić information content (AvgIpc) is 2.69. The Labute approximate surface area is 187 Å². The molecule has 0 amide bonds. The highest BCUT2D eigenvalue weighted by Crippen LogP contribution is 2.69. The van der Waals surface area contributed by atoms with E-state index in [0.29, 0.717) is 29.4 Å². The van der Waals surface area contributed by atoms with E-state index in [4.69, 9.17) is 4.74 Å². The zero-order valence-corrected chi connectivity index (χ0v) is 19.3. The Morgan fingerprint density at radius 1 is 0.968 bits per heavy atom. The molecule has 0 saturated heterocycles. The van der Waals surface area contributed by atoms with Gasteiger partial charge in [-0.1, -0.05) is 44.2 Å². The normalized spacial score (nSPS) is 34.5. The third kappa shape index (κ3) is 4.09. The summed E-state index contributed by atoms with van der Waals surface area (Å²) in [5, 5.41) is 13.6. The third-order valence-corrected chi connectivity index (χ3v) is 8.21. The average molecular weight is 420 g/mol. The molecule has 31 heavy (non-hydrogen) atoms. The fourth-order valence-electron chi connectivity index (χ4n) is 7.92. The second-order valence-corrected chi connectivity index (χ2v) is 11.6. The second kappa shape index (κ2) is 7.55. The molecule has 5 atom stereocenters. The highest BCUT2D eigenvalue weighted by atomic mass is 16.5. The summed E-state index contributed by atoms with van der Waals surface area (Å²) >= 11 is 0. The van der Waals surface area contributed by atoms with Gasteiger partial charge in [-0.2, -0.15) is 0 Å². The molecule has 3 unspecified atom stereocenters. The summed E-state index contributed by atoms with van der Waals surface area (Å²) in [6.07, 6.45) is 7.77. The molecule has 4 bridgehead atoms. The molecule has 6 rings (SSSR count). The number of aliphatic hydroxyl groups is 1. The van der Waals surface area contributed by atoms with Crippen molar-refractivity contribution in [1.82, 2.24) is 0 Å². The first-order valence-electron chi connectivity index (χ1n) is 12.0. The van der Waals surface area contributed by atoms with Crippen molar-refractivity contribution < 1.29 is 9.84 Å². The number of ether oxygens (including phenoxy) is 1.